The minimum atomic E-state index is 0.650. The highest BCUT2D eigenvalue weighted by atomic mass is 16.1. The molecule has 0 spiro atoms. The van der Waals surface area contributed by atoms with E-state index >= 15 is 0 Å². The number of hydrogen-bond acceptors (Lipinski definition) is 1. The van der Waals surface area contributed by atoms with Gasteiger partial charge >= 0.3 is 0 Å². The van der Waals surface area contributed by atoms with Crippen molar-refractivity contribution >= 4 is 6.29 Å². The maximum absolute atomic E-state index is 10.2. The molecule has 0 amide bonds. The van der Waals surface area contributed by atoms with Crippen molar-refractivity contribution in [1.82, 2.24) is 0 Å². The predicted molar refractivity (Wildman–Crippen MR) is 46.4 cm³/mol. The van der Waals surface area contributed by atoms with Crippen molar-refractivity contribution in [3.63, 3.8) is 0 Å². The van der Waals surface area contributed by atoms with E-state index in [0.717, 1.165) is 12.7 Å². The summed E-state index contributed by atoms with van der Waals surface area (Å²) in [6.07, 6.45) is 5.43. The predicted octanol–water partition coefficient (Wildman–Crippen LogP) is 2.71. The molecule has 1 rings (SSSR count). The molecule has 0 aromatic carbocycles. The van der Waals surface area contributed by atoms with Crippen LogP contribution < -0.4 is 0 Å². The van der Waals surface area contributed by atoms with Crippen molar-refractivity contribution < 1.29 is 4.79 Å². The van der Waals surface area contributed by atoms with Gasteiger partial charge in [-0.15, -0.1) is 0 Å². The molecule has 11 heavy (non-hydrogen) atoms. The Balaban J connectivity index is 2.47. The summed E-state index contributed by atoms with van der Waals surface area (Å²) in [5, 5.41) is 0. The molecule has 0 aromatic heterocycles. The fourth-order valence-corrected chi connectivity index (χ4v) is 1.72. The Bertz CT molecular complexity index is 175. The Hall–Kier alpha value is -0.590. The first-order valence-corrected chi connectivity index (χ1v) is 4.33. The second-order valence-corrected chi connectivity index (χ2v) is 3.61. The van der Waals surface area contributed by atoms with Crippen molar-refractivity contribution in [1.29, 1.82) is 0 Å². The van der Waals surface area contributed by atoms with Crippen LogP contribution in [0, 0.1) is 5.92 Å². The molecule has 1 heteroatoms. The van der Waals surface area contributed by atoms with Gasteiger partial charge in [0.25, 0.3) is 0 Å². The molecule has 0 saturated heterocycles. The number of carbonyl (C=O) groups is 1. The van der Waals surface area contributed by atoms with Crippen LogP contribution in [0.4, 0.5) is 0 Å². The van der Waals surface area contributed by atoms with Gasteiger partial charge in [-0.25, -0.2) is 0 Å². The second kappa shape index (κ2) is 3.70. The van der Waals surface area contributed by atoms with E-state index in [1.165, 1.54) is 24.8 Å². The quantitative estimate of drug-likeness (QED) is 0.439. The monoisotopic (exact) mass is 152 g/mol. The number of aldehydes is 1. The summed E-state index contributed by atoms with van der Waals surface area (Å²) in [6, 6.07) is 0. The van der Waals surface area contributed by atoms with E-state index in [-0.39, 0.29) is 0 Å². The molecule has 1 aliphatic carbocycles. The maximum atomic E-state index is 10.2. The van der Waals surface area contributed by atoms with Crippen molar-refractivity contribution in [2.45, 2.75) is 39.5 Å². The standard InChI is InChI=1S/C10H16O/c1-8(2)10-4-3-9(7-10)5-6-11/h6,9H,3-5,7H2,1-2H3. The van der Waals surface area contributed by atoms with Gasteiger partial charge in [0, 0.05) is 6.42 Å². The van der Waals surface area contributed by atoms with Crippen LogP contribution in [0.5, 0.6) is 0 Å². The summed E-state index contributed by atoms with van der Waals surface area (Å²) < 4.78 is 0. The van der Waals surface area contributed by atoms with Crippen molar-refractivity contribution in [2.24, 2.45) is 5.92 Å². The van der Waals surface area contributed by atoms with Crippen LogP contribution in [0.2, 0.25) is 0 Å². The Labute approximate surface area is 68.5 Å². The molecule has 0 aromatic rings. The minimum absolute atomic E-state index is 0.650. The lowest BCUT2D eigenvalue weighted by Crippen LogP contribution is -1.92. The molecule has 1 aliphatic rings. The van der Waals surface area contributed by atoms with E-state index < -0.39 is 0 Å². The fraction of sp³-hybridized carbons (Fsp3) is 0.700. The van der Waals surface area contributed by atoms with Gasteiger partial charge in [0.15, 0.2) is 0 Å². The normalized spacial score (nSPS) is 23.8. The van der Waals surface area contributed by atoms with Crippen molar-refractivity contribution in [3.05, 3.63) is 11.1 Å². The third kappa shape index (κ3) is 2.18. The lowest BCUT2D eigenvalue weighted by Gasteiger charge is -2.01. The molecule has 1 nitrogen and oxygen atoms in total. The molecule has 1 atom stereocenters. The highest BCUT2D eigenvalue weighted by molar-refractivity contribution is 5.50. The van der Waals surface area contributed by atoms with E-state index in [9.17, 15) is 4.79 Å². The Morgan fingerprint density at radius 1 is 1.64 bits per heavy atom. The number of hydrogen-bond donors (Lipinski definition) is 0. The highest BCUT2D eigenvalue weighted by Gasteiger charge is 2.18. The second-order valence-electron chi connectivity index (χ2n) is 3.61. The SMILES string of the molecule is CC(C)=C1CCC(CC=O)C1. The topological polar surface area (TPSA) is 17.1 Å². The molecule has 0 heterocycles. The van der Waals surface area contributed by atoms with Gasteiger partial charge in [-0.3, -0.25) is 0 Å². The van der Waals surface area contributed by atoms with E-state index in [1.807, 2.05) is 0 Å². The molecule has 0 N–H and O–H groups in total. The summed E-state index contributed by atoms with van der Waals surface area (Å²) in [5.41, 5.74) is 3.04. The maximum Gasteiger partial charge on any atom is 0.120 e. The molecular weight excluding hydrogens is 136 g/mol. The third-order valence-electron chi connectivity index (χ3n) is 2.53. The van der Waals surface area contributed by atoms with E-state index in [1.54, 1.807) is 5.57 Å². The van der Waals surface area contributed by atoms with Crippen LogP contribution in [-0.2, 0) is 4.79 Å². The number of carbonyl (C=O) groups excluding carboxylic acids is 1. The molecule has 0 bridgehead atoms. The van der Waals surface area contributed by atoms with Crippen LogP contribution in [-0.4, -0.2) is 6.29 Å². The zero-order chi connectivity index (χ0) is 8.27. The summed E-state index contributed by atoms with van der Waals surface area (Å²) in [6.45, 7) is 4.33. The van der Waals surface area contributed by atoms with Gasteiger partial charge in [0.2, 0.25) is 0 Å². The molecule has 1 fully saturated rings. The van der Waals surface area contributed by atoms with Gasteiger partial charge < -0.3 is 4.79 Å². The van der Waals surface area contributed by atoms with Crippen LogP contribution in [0.15, 0.2) is 11.1 Å². The third-order valence-corrected chi connectivity index (χ3v) is 2.53. The minimum Gasteiger partial charge on any atom is -0.303 e. The molecule has 0 aliphatic heterocycles. The first-order valence-electron chi connectivity index (χ1n) is 4.33. The fourth-order valence-electron chi connectivity index (χ4n) is 1.72. The van der Waals surface area contributed by atoms with Crippen LogP contribution in [0.3, 0.4) is 0 Å². The van der Waals surface area contributed by atoms with Gasteiger partial charge in [0.1, 0.15) is 6.29 Å². The Kier molecular flexibility index (Phi) is 2.86. The molecule has 1 unspecified atom stereocenters. The molecule has 1 saturated carbocycles. The van der Waals surface area contributed by atoms with Gasteiger partial charge in [-0.05, 0) is 39.0 Å². The summed E-state index contributed by atoms with van der Waals surface area (Å²) >= 11 is 0. The lowest BCUT2D eigenvalue weighted by atomic mass is 10.0. The summed E-state index contributed by atoms with van der Waals surface area (Å²) in [4.78, 5) is 10.2. The Morgan fingerprint density at radius 2 is 2.36 bits per heavy atom. The first-order chi connectivity index (χ1) is 5.24. The number of allylic oxidation sites excluding steroid dienone is 2. The van der Waals surface area contributed by atoms with E-state index in [0.29, 0.717) is 5.92 Å². The van der Waals surface area contributed by atoms with Gasteiger partial charge in [-0.2, -0.15) is 0 Å². The average molecular weight is 152 g/mol. The number of rotatable bonds is 2. The Morgan fingerprint density at radius 3 is 2.82 bits per heavy atom. The average Bonchev–Trinajstić information content (AvgIpc) is 2.37. The van der Waals surface area contributed by atoms with E-state index in [4.69, 9.17) is 0 Å². The first kappa shape index (κ1) is 8.51. The molecular formula is C10H16O. The zero-order valence-corrected chi connectivity index (χ0v) is 7.39. The zero-order valence-electron chi connectivity index (χ0n) is 7.39. The smallest absolute Gasteiger partial charge is 0.120 e. The summed E-state index contributed by atoms with van der Waals surface area (Å²) in [7, 11) is 0. The van der Waals surface area contributed by atoms with Crippen LogP contribution in [0.1, 0.15) is 39.5 Å². The lowest BCUT2D eigenvalue weighted by molar-refractivity contribution is -0.108. The molecule has 62 valence electrons. The van der Waals surface area contributed by atoms with Gasteiger partial charge in [0.05, 0.1) is 0 Å². The summed E-state index contributed by atoms with van der Waals surface area (Å²) in [5.74, 6) is 0.650. The van der Waals surface area contributed by atoms with Gasteiger partial charge in [-0.1, -0.05) is 11.1 Å². The van der Waals surface area contributed by atoms with Crippen molar-refractivity contribution in [2.75, 3.05) is 0 Å². The van der Waals surface area contributed by atoms with Crippen molar-refractivity contribution in [3.8, 4) is 0 Å². The molecule has 0 radical (unpaired) electrons. The van der Waals surface area contributed by atoms with Crippen LogP contribution >= 0.6 is 0 Å². The largest absolute Gasteiger partial charge is 0.303 e. The van der Waals surface area contributed by atoms with Crippen LogP contribution in [0.25, 0.3) is 0 Å². The highest BCUT2D eigenvalue weighted by Crippen LogP contribution is 2.33. The van der Waals surface area contributed by atoms with E-state index in [2.05, 4.69) is 13.8 Å².